The van der Waals surface area contributed by atoms with Crippen LogP contribution in [0, 0.1) is 5.82 Å². The Morgan fingerprint density at radius 3 is 2.30 bits per heavy atom. The van der Waals surface area contributed by atoms with Crippen molar-refractivity contribution in [3.8, 4) is 5.75 Å². The van der Waals surface area contributed by atoms with Gasteiger partial charge in [0.2, 0.25) is 11.8 Å². The van der Waals surface area contributed by atoms with Gasteiger partial charge >= 0.3 is 0 Å². The molecule has 0 spiro atoms. The summed E-state index contributed by atoms with van der Waals surface area (Å²) < 4.78 is 47.0. The third kappa shape index (κ3) is 6.85. The van der Waals surface area contributed by atoms with E-state index in [1.807, 2.05) is 0 Å². The van der Waals surface area contributed by atoms with E-state index < -0.39 is 34.3 Å². The van der Waals surface area contributed by atoms with Crippen LogP contribution in [0.5, 0.6) is 5.75 Å². The highest BCUT2D eigenvalue weighted by molar-refractivity contribution is 7.92. The minimum atomic E-state index is -4.19. The Morgan fingerprint density at radius 1 is 1.00 bits per heavy atom. The summed E-state index contributed by atoms with van der Waals surface area (Å²) in [6.45, 7) is 3.15. The molecule has 0 aliphatic rings. The zero-order valence-electron chi connectivity index (χ0n) is 20.9. The number of halogens is 1. The predicted octanol–water partition coefficient (Wildman–Crippen LogP) is 3.58. The van der Waals surface area contributed by atoms with E-state index in [9.17, 15) is 22.4 Å². The van der Waals surface area contributed by atoms with Crippen LogP contribution < -0.4 is 14.4 Å². The molecule has 0 radical (unpaired) electrons. The highest BCUT2D eigenvalue weighted by Crippen LogP contribution is 2.25. The van der Waals surface area contributed by atoms with Crippen LogP contribution in [0.2, 0.25) is 0 Å². The van der Waals surface area contributed by atoms with Gasteiger partial charge in [0, 0.05) is 13.1 Å². The van der Waals surface area contributed by atoms with E-state index in [2.05, 4.69) is 5.32 Å². The van der Waals surface area contributed by atoms with Gasteiger partial charge in [0.05, 0.1) is 17.7 Å². The largest absolute Gasteiger partial charge is 0.497 e. The Morgan fingerprint density at radius 2 is 1.68 bits per heavy atom. The predicted molar refractivity (Wildman–Crippen MR) is 139 cm³/mol. The summed E-state index contributed by atoms with van der Waals surface area (Å²) in [5.41, 5.74) is 0.814. The Kier molecular flexibility index (Phi) is 9.24. The van der Waals surface area contributed by atoms with Crippen molar-refractivity contribution in [3.05, 3.63) is 90.2 Å². The van der Waals surface area contributed by atoms with Crippen LogP contribution in [0.15, 0.2) is 83.8 Å². The van der Waals surface area contributed by atoms with Crippen molar-refractivity contribution in [2.75, 3.05) is 24.5 Å². The molecule has 0 saturated heterocycles. The van der Waals surface area contributed by atoms with Gasteiger partial charge in [-0.25, -0.2) is 12.8 Å². The molecular formula is C27H30FN3O5S. The maximum Gasteiger partial charge on any atom is 0.264 e. The molecule has 3 rings (SSSR count). The maximum atomic E-state index is 13.7. The molecule has 0 unspecified atom stereocenters. The fourth-order valence-corrected chi connectivity index (χ4v) is 5.16. The molecule has 10 heteroatoms. The van der Waals surface area contributed by atoms with Crippen molar-refractivity contribution < 1.29 is 27.1 Å². The number of ether oxygens (including phenoxy) is 1. The van der Waals surface area contributed by atoms with E-state index in [0.717, 1.165) is 16.4 Å². The third-order valence-electron chi connectivity index (χ3n) is 5.73. The first-order valence-corrected chi connectivity index (χ1v) is 13.1. The summed E-state index contributed by atoms with van der Waals surface area (Å²) in [4.78, 5) is 27.7. The van der Waals surface area contributed by atoms with E-state index >= 15 is 0 Å². The highest BCUT2D eigenvalue weighted by atomic mass is 32.2. The number of sulfonamides is 1. The molecule has 8 nitrogen and oxygen atoms in total. The average Bonchev–Trinajstić information content (AvgIpc) is 2.91. The van der Waals surface area contributed by atoms with E-state index in [-0.39, 0.29) is 23.0 Å². The number of amides is 2. The van der Waals surface area contributed by atoms with Crippen LogP contribution in [0.1, 0.15) is 19.4 Å². The molecule has 0 heterocycles. The van der Waals surface area contributed by atoms with Crippen LogP contribution in [-0.2, 0) is 26.2 Å². The number of carbonyl (C=O) groups is 2. The minimum Gasteiger partial charge on any atom is -0.497 e. The van der Waals surface area contributed by atoms with Crippen LogP contribution >= 0.6 is 0 Å². The van der Waals surface area contributed by atoms with Gasteiger partial charge in [-0.1, -0.05) is 30.3 Å². The Hall–Kier alpha value is -3.92. The van der Waals surface area contributed by atoms with Crippen molar-refractivity contribution in [1.82, 2.24) is 10.2 Å². The number of nitrogens with one attached hydrogen (secondary N) is 1. The monoisotopic (exact) mass is 527 g/mol. The zero-order chi connectivity index (χ0) is 27.0. The standard InChI is InChI=1S/C27H30FN3O5S/c1-4-29-27(33)20(2)30(18-21-9-8-10-24(17-21)36-3)26(32)19-31(23-15-13-22(28)14-16-23)37(34,35)25-11-6-5-7-12-25/h5-17,20H,4,18-19H2,1-3H3,(H,29,33)/t20-/m1/s1. The Labute approximate surface area is 216 Å². The van der Waals surface area contributed by atoms with E-state index in [1.165, 1.54) is 36.3 Å². The second kappa shape index (κ2) is 12.4. The number of likely N-dealkylation sites (N-methyl/N-ethyl adjacent to an activating group) is 1. The number of hydrogen-bond acceptors (Lipinski definition) is 5. The van der Waals surface area contributed by atoms with Crippen molar-refractivity contribution in [3.63, 3.8) is 0 Å². The molecule has 0 fully saturated rings. The maximum absolute atomic E-state index is 13.7. The van der Waals surface area contributed by atoms with Gasteiger partial charge in [0.25, 0.3) is 10.0 Å². The fourth-order valence-electron chi connectivity index (χ4n) is 3.73. The summed E-state index contributed by atoms with van der Waals surface area (Å²) in [5.74, 6) is -0.949. The molecule has 0 bridgehead atoms. The quantitative estimate of drug-likeness (QED) is 0.411. The topological polar surface area (TPSA) is 96.0 Å². The minimum absolute atomic E-state index is 0.0248. The Balaban J connectivity index is 2.01. The van der Waals surface area contributed by atoms with Gasteiger partial charge in [0.15, 0.2) is 0 Å². The molecule has 1 atom stereocenters. The number of benzene rings is 3. The van der Waals surface area contributed by atoms with Crippen molar-refractivity contribution >= 4 is 27.5 Å². The molecule has 3 aromatic carbocycles. The van der Waals surface area contributed by atoms with Crippen molar-refractivity contribution in [2.45, 2.75) is 31.3 Å². The molecule has 0 aliphatic heterocycles. The second-order valence-electron chi connectivity index (χ2n) is 8.24. The van der Waals surface area contributed by atoms with Gasteiger partial charge in [0.1, 0.15) is 24.2 Å². The van der Waals surface area contributed by atoms with E-state index in [1.54, 1.807) is 56.3 Å². The first-order valence-electron chi connectivity index (χ1n) is 11.7. The van der Waals surface area contributed by atoms with Crippen LogP contribution in [0.3, 0.4) is 0 Å². The lowest BCUT2D eigenvalue weighted by molar-refractivity contribution is -0.139. The normalized spacial score (nSPS) is 11.9. The van der Waals surface area contributed by atoms with Crippen LogP contribution in [0.25, 0.3) is 0 Å². The smallest absolute Gasteiger partial charge is 0.264 e. The lowest BCUT2D eigenvalue weighted by Gasteiger charge is -2.32. The van der Waals surface area contributed by atoms with E-state index in [4.69, 9.17) is 4.74 Å². The number of methoxy groups -OCH3 is 1. The highest BCUT2D eigenvalue weighted by Gasteiger charge is 2.32. The van der Waals surface area contributed by atoms with Gasteiger partial charge in [-0.3, -0.25) is 13.9 Å². The first-order chi connectivity index (χ1) is 17.7. The van der Waals surface area contributed by atoms with Gasteiger partial charge in [-0.15, -0.1) is 0 Å². The molecule has 1 N–H and O–H groups in total. The molecule has 0 aliphatic carbocycles. The molecular weight excluding hydrogens is 497 g/mol. The van der Waals surface area contributed by atoms with Crippen LogP contribution in [-0.4, -0.2) is 51.4 Å². The van der Waals surface area contributed by atoms with E-state index in [0.29, 0.717) is 17.9 Å². The molecule has 0 saturated carbocycles. The number of hydrogen-bond donors (Lipinski definition) is 1. The lowest BCUT2D eigenvalue weighted by atomic mass is 10.1. The van der Waals surface area contributed by atoms with Crippen LogP contribution in [0.4, 0.5) is 10.1 Å². The number of rotatable bonds is 11. The number of nitrogens with zero attached hydrogens (tertiary/aromatic N) is 2. The SMILES string of the molecule is CCNC(=O)[C@@H](C)N(Cc1cccc(OC)c1)C(=O)CN(c1ccc(F)cc1)S(=O)(=O)c1ccccc1. The second-order valence-corrected chi connectivity index (χ2v) is 10.1. The van der Waals surface area contributed by atoms with Crippen molar-refractivity contribution in [1.29, 1.82) is 0 Å². The molecule has 2 amide bonds. The zero-order valence-corrected chi connectivity index (χ0v) is 21.7. The molecule has 37 heavy (non-hydrogen) atoms. The van der Waals surface area contributed by atoms with Crippen molar-refractivity contribution in [2.24, 2.45) is 0 Å². The number of anilines is 1. The Bertz CT molecular complexity index is 1320. The molecule has 0 aromatic heterocycles. The van der Waals surface area contributed by atoms with Gasteiger partial charge < -0.3 is 15.0 Å². The first kappa shape index (κ1) is 27.7. The number of carbonyl (C=O) groups excluding carboxylic acids is 2. The summed E-state index contributed by atoms with van der Waals surface area (Å²) in [7, 11) is -2.67. The summed E-state index contributed by atoms with van der Waals surface area (Å²) in [6, 6.07) is 18.6. The lowest BCUT2D eigenvalue weighted by Crippen LogP contribution is -2.51. The van der Waals surface area contributed by atoms with Gasteiger partial charge in [-0.05, 0) is 67.9 Å². The summed E-state index contributed by atoms with van der Waals surface area (Å²) in [5, 5.41) is 2.71. The fraction of sp³-hybridized carbons (Fsp3) is 0.259. The third-order valence-corrected chi connectivity index (χ3v) is 7.52. The average molecular weight is 528 g/mol. The molecule has 196 valence electrons. The van der Waals surface area contributed by atoms with Gasteiger partial charge in [-0.2, -0.15) is 0 Å². The summed E-state index contributed by atoms with van der Waals surface area (Å²) in [6.07, 6.45) is 0. The molecule has 3 aromatic rings. The summed E-state index contributed by atoms with van der Waals surface area (Å²) >= 11 is 0.